The van der Waals surface area contributed by atoms with E-state index < -0.39 is 4.92 Å². The number of nitrogens with one attached hydrogen (secondary N) is 1. The maximum absolute atomic E-state index is 10.5. The van der Waals surface area contributed by atoms with E-state index in [4.69, 9.17) is 17.3 Å². The van der Waals surface area contributed by atoms with Gasteiger partial charge in [0.15, 0.2) is 11.8 Å². The lowest BCUT2D eigenvalue weighted by Gasteiger charge is -2.08. The Morgan fingerprint density at radius 2 is 2.19 bits per heavy atom. The van der Waals surface area contributed by atoms with Crippen molar-refractivity contribution < 1.29 is 4.92 Å². The molecule has 0 aliphatic carbocycles. The molecule has 8 heteroatoms. The van der Waals surface area contributed by atoms with Crippen LogP contribution < -0.4 is 11.1 Å². The van der Waals surface area contributed by atoms with E-state index in [9.17, 15) is 10.1 Å². The Morgan fingerprint density at radius 1 is 1.43 bits per heavy atom. The summed E-state index contributed by atoms with van der Waals surface area (Å²) in [4.78, 5) is 17.9. The third-order valence-corrected chi connectivity index (χ3v) is 2.86. The molecule has 0 aliphatic rings. The van der Waals surface area contributed by atoms with Gasteiger partial charge in [0, 0.05) is 16.8 Å². The van der Waals surface area contributed by atoms with E-state index in [0.717, 1.165) is 17.4 Å². The second kappa shape index (κ2) is 6.19. The molecule has 0 unspecified atom stereocenters. The molecule has 0 amide bonds. The Balaban J connectivity index is 2.15. The highest BCUT2D eigenvalue weighted by Crippen LogP contribution is 2.20. The summed E-state index contributed by atoms with van der Waals surface area (Å²) >= 11 is 5.87. The van der Waals surface area contributed by atoms with Crippen molar-refractivity contribution in [2.45, 2.75) is 6.92 Å². The minimum atomic E-state index is -0.529. The minimum absolute atomic E-state index is 0.103. The topological polar surface area (TPSA) is 106 Å². The molecule has 108 valence electrons. The Labute approximate surface area is 125 Å². The van der Waals surface area contributed by atoms with Crippen LogP contribution in [0, 0.1) is 17.0 Å². The van der Waals surface area contributed by atoms with Crippen molar-refractivity contribution in [2.75, 3.05) is 5.32 Å². The molecule has 0 saturated carbocycles. The van der Waals surface area contributed by atoms with Crippen LogP contribution in [0.25, 0.3) is 0 Å². The van der Waals surface area contributed by atoms with E-state index in [2.05, 4.69) is 15.3 Å². The number of halogens is 1. The van der Waals surface area contributed by atoms with Crippen molar-refractivity contribution in [3.8, 4) is 0 Å². The Bertz CT molecular complexity index is 700. The van der Waals surface area contributed by atoms with E-state index in [-0.39, 0.29) is 17.5 Å². The number of aromatic nitrogens is 1. The standard InChI is InChI=1S/C13H12ClN5O2/c1-8-6-9(14)2-4-11(8)17-13(15)18-12-5-3-10(7-16-12)19(20)21/h2-7H,1H3,(H3,15,16,17,18). The summed E-state index contributed by atoms with van der Waals surface area (Å²) < 4.78 is 0. The van der Waals surface area contributed by atoms with Crippen LogP contribution in [0.1, 0.15) is 5.56 Å². The van der Waals surface area contributed by atoms with Crippen LogP contribution in [-0.2, 0) is 0 Å². The maximum Gasteiger partial charge on any atom is 0.287 e. The fourth-order valence-corrected chi connectivity index (χ4v) is 1.84. The quantitative estimate of drug-likeness (QED) is 0.392. The molecule has 21 heavy (non-hydrogen) atoms. The fourth-order valence-electron chi connectivity index (χ4n) is 1.61. The summed E-state index contributed by atoms with van der Waals surface area (Å²) in [6.07, 6.45) is 1.12. The molecule has 0 aliphatic heterocycles. The fraction of sp³-hybridized carbons (Fsp3) is 0.0769. The van der Waals surface area contributed by atoms with Gasteiger partial charge in [-0.3, -0.25) is 10.1 Å². The van der Waals surface area contributed by atoms with Gasteiger partial charge in [-0.25, -0.2) is 4.98 Å². The molecule has 2 rings (SSSR count). The van der Waals surface area contributed by atoms with Crippen molar-refractivity contribution in [2.24, 2.45) is 10.7 Å². The van der Waals surface area contributed by atoms with Crippen LogP contribution in [0.3, 0.4) is 0 Å². The molecule has 0 saturated heterocycles. The van der Waals surface area contributed by atoms with Gasteiger partial charge in [-0.15, -0.1) is 0 Å². The first kappa shape index (κ1) is 14.7. The van der Waals surface area contributed by atoms with Crippen LogP contribution >= 0.6 is 11.6 Å². The van der Waals surface area contributed by atoms with Crippen molar-refractivity contribution in [3.63, 3.8) is 0 Å². The van der Waals surface area contributed by atoms with Gasteiger partial charge in [-0.1, -0.05) is 11.6 Å². The first-order valence-corrected chi connectivity index (χ1v) is 6.31. The molecule has 1 aromatic heterocycles. The molecule has 0 spiro atoms. The predicted molar refractivity (Wildman–Crippen MR) is 82.0 cm³/mol. The average Bonchev–Trinajstić information content (AvgIpc) is 2.42. The molecular formula is C13H12ClN5O2. The van der Waals surface area contributed by atoms with Crippen LogP contribution in [0.15, 0.2) is 41.5 Å². The van der Waals surface area contributed by atoms with Gasteiger partial charge in [-0.05, 0) is 36.8 Å². The van der Waals surface area contributed by atoms with E-state index in [1.165, 1.54) is 12.1 Å². The zero-order valence-corrected chi connectivity index (χ0v) is 11.8. The summed E-state index contributed by atoms with van der Waals surface area (Å²) in [6.45, 7) is 1.88. The molecular weight excluding hydrogens is 294 g/mol. The van der Waals surface area contributed by atoms with Crippen molar-refractivity contribution in [1.29, 1.82) is 0 Å². The first-order chi connectivity index (χ1) is 9.95. The van der Waals surface area contributed by atoms with Gasteiger partial charge in [0.2, 0.25) is 0 Å². The van der Waals surface area contributed by atoms with Gasteiger partial charge in [0.05, 0.1) is 4.92 Å². The second-order valence-corrected chi connectivity index (χ2v) is 4.65. The Kier molecular flexibility index (Phi) is 4.34. The highest BCUT2D eigenvalue weighted by molar-refractivity contribution is 6.30. The number of guanidine groups is 1. The normalized spacial score (nSPS) is 11.2. The van der Waals surface area contributed by atoms with Crippen molar-refractivity contribution in [3.05, 3.63) is 57.2 Å². The summed E-state index contributed by atoms with van der Waals surface area (Å²) in [5, 5.41) is 14.1. The number of nitro groups is 1. The highest BCUT2D eigenvalue weighted by Gasteiger charge is 2.05. The van der Waals surface area contributed by atoms with E-state index in [1.807, 2.05) is 6.92 Å². The molecule has 1 aromatic carbocycles. The first-order valence-electron chi connectivity index (χ1n) is 5.93. The number of hydrogen-bond donors (Lipinski definition) is 2. The lowest BCUT2D eigenvalue weighted by molar-refractivity contribution is -0.385. The zero-order chi connectivity index (χ0) is 15.4. The summed E-state index contributed by atoms with van der Waals surface area (Å²) in [6, 6.07) is 8.03. The summed E-state index contributed by atoms with van der Waals surface area (Å²) in [7, 11) is 0. The largest absolute Gasteiger partial charge is 0.369 e. The predicted octanol–water partition coefficient (Wildman–Crippen LogP) is 3.01. The van der Waals surface area contributed by atoms with Gasteiger partial charge in [0.1, 0.15) is 6.20 Å². The minimum Gasteiger partial charge on any atom is -0.369 e. The number of benzene rings is 1. The SMILES string of the molecule is Cc1cc(Cl)ccc1NC(N)=Nc1ccc([N+](=O)[O-])cn1. The number of anilines is 1. The zero-order valence-electron chi connectivity index (χ0n) is 11.1. The summed E-state index contributed by atoms with van der Waals surface area (Å²) in [5.74, 6) is 0.402. The number of aliphatic imine (C=N–C) groups is 1. The molecule has 0 fully saturated rings. The van der Waals surface area contributed by atoms with Gasteiger partial charge in [-0.2, -0.15) is 4.99 Å². The molecule has 3 N–H and O–H groups in total. The second-order valence-electron chi connectivity index (χ2n) is 4.21. The van der Waals surface area contributed by atoms with Crippen LogP contribution in [0.2, 0.25) is 5.02 Å². The molecule has 0 bridgehead atoms. The smallest absolute Gasteiger partial charge is 0.287 e. The van der Waals surface area contributed by atoms with Gasteiger partial charge in [0.25, 0.3) is 5.69 Å². The number of rotatable bonds is 3. The number of pyridine rings is 1. The molecule has 0 atom stereocenters. The van der Waals surface area contributed by atoms with Gasteiger partial charge < -0.3 is 11.1 Å². The van der Waals surface area contributed by atoms with Crippen LogP contribution in [0.4, 0.5) is 17.2 Å². The average molecular weight is 306 g/mol. The third kappa shape index (κ3) is 3.90. The van der Waals surface area contributed by atoms with Crippen LogP contribution in [0.5, 0.6) is 0 Å². The lowest BCUT2D eigenvalue weighted by atomic mass is 10.2. The van der Waals surface area contributed by atoms with E-state index in [1.54, 1.807) is 18.2 Å². The summed E-state index contributed by atoms with van der Waals surface area (Å²) in [5.41, 5.74) is 7.35. The number of aryl methyl sites for hydroxylation is 1. The highest BCUT2D eigenvalue weighted by atomic mass is 35.5. The third-order valence-electron chi connectivity index (χ3n) is 2.63. The maximum atomic E-state index is 10.5. The van der Waals surface area contributed by atoms with Crippen LogP contribution in [-0.4, -0.2) is 15.9 Å². The Morgan fingerprint density at radius 3 is 2.76 bits per heavy atom. The van der Waals surface area contributed by atoms with Crippen molar-refractivity contribution in [1.82, 2.24) is 4.98 Å². The number of hydrogen-bond acceptors (Lipinski definition) is 4. The Hall–Kier alpha value is -2.67. The van der Waals surface area contributed by atoms with Gasteiger partial charge >= 0.3 is 0 Å². The number of nitrogens with two attached hydrogens (primary N) is 1. The van der Waals surface area contributed by atoms with E-state index >= 15 is 0 Å². The molecule has 0 radical (unpaired) electrons. The monoisotopic (exact) mass is 305 g/mol. The van der Waals surface area contributed by atoms with E-state index in [0.29, 0.717) is 5.02 Å². The molecule has 2 aromatic rings. The molecule has 7 nitrogen and oxygen atoms in total. The lowest BCUT2D eigenvalue weighted by Crippen LogP contribution is -2.22. The van der Waals surface area contributed by atoms with Crippen molar-refractivity contribution >= 4 is 34.8 Å². The number of nitrogens with zero attached hydrogens (tertiary/aromatic N) is 3. The molecule has 1 heterocycles.